The standard InChI is InChI=1S/C27H25F7N8O2/c28-19-2-1-17(20(29)10-19)13-39-7-8-40(24-12-36-21-11-37-42(14-22(30)31)26(21)38-24)6-4-25(43)41(16-44-15-39)23-9-18(3-5-35-23)27(32,33)34/h1-3,5,9-12,22H,4,6-8,13-16H2. The van der Waals surface area contributed by atoms with Crippen LogP contribution in [0.2, 0.25) is 0 Å². The molecule has 0 aliphatic carbocycles. The van der Waals surface area contributed by atoms with Gasteiger partial charge in [0.1, 0.15) is 48.8 Å². The van der Waals surface area contributed by atoms with Crippen molar-refractivity contribution in [1.29, 1.82) is 0 Å². The van der Waals surface area contributed by atoms with E-state index < -0.39 is 49.0 Å². The zero-order valence-electron chi connectivity index (χ0n) is 22.9. The summed E-state index contributed by atoms with van der Waals surface area (Å²) in [5.74, 6) is -2.22. The Balaban J connectivity index is 1.46. The second-order valence-electron chi connectivity index (χ2n) is 9.86. The van der Waals surface area contributed by atoms with Gasteiger partial charge in [0.05, 0.1) is 18.0 Å². The van der Waals surface area contributed by atoms with Crippen LogP contribution in [0.3, 0.4) is 0 Å². The van der Waals surface area contributed by atoms with E-state index >= 15 is 0 Å². The molecule has 44 heavy (non-hydrogen) atoms. The van der Waals surface area contributed by atoms with Crippen molar-refractivity contribution in [3.63, 3.8) is 0 Å². The van der Waals surface area contributed by atoms with Crippen molar-refractivity contribution in [3.05, 3.63) is 71.7 Å². The molecule has 0 atom stereocenters. The number of hydrogen-bond acceptors (Lipinski definition) is 8. The predicted octanol–water partition coefficient (Wildman–Crippen LogP) is 4.46. The first kappa shape index (κ1) is 31.1. The third-order valence-corrected chi connectivity index (χ3v) is 6.80. The molecule has 1 saturated heterocycles. The zero-order valence-corrected chi connectivity index (χ0v) is 22.9. The number of amides is 1. The lowest BCUT2D eigenvalue weighted by Crippen LogP contribution is -2.37. The topological polar surface area (TPSA) is 92.5 Å². The van der Waals surface area contributed by atoms with Crippen LogP contribution in [0.5, 0.6) is 0 Å². The monoisotopic (exact) mass is 626 g/mol. The van der Waals surface area contributed by atoms with Gasteiger partial charge >= 0.3 is 6.18 Å². The molecular formula is C27H25F7N8O2. The minimum Gasteiger partial charge on any atom is -0.353 e. The maximum atomic E-state index is 14.5. The minimum atomic E-state index is -4.68. The summed E-state index contributed by atoms with van der Waals surface area (Å²) in [6.07, 6.45) is -4.00. The van der Waals surface area contributed by atoms with E-state index in [4.69, 9.17) is 4.74 Å². The largest absolute Gasteiger partial charge is 0.416 e. The Morgan fingerprint density at radius 2 is 1.77 bits per heavy atom. The summed E-state index contributed by atoms with van der Waals surface area (Å²) in [5, 5.41) is 3.91. The third-order valence-electron chi connectivity index (χ3n) is 6.80. The van der Waals surface area contributed by atoms with Gasteiger partial charge in [-0.15, -0.1) is 0 Å². The van der Waals surface area contributed by atoms with Crippen molar-refractivity contribution in [2.45, 2.75) is 32.1 Å². The summed E-state index contributed by atoms with van der Waals surface area (Å²) >= 11 is 0. The molecule has 0 unspecified atom stereocenters. The first-order valence-electron chi connectivity index (χ1n) is 13.3. The molecule has 1 aliphatic rings. The second-order valence-corrected chi connectivity index (χ2v) is 9.86. The van der Waals surface area contributed by atoms with Gasteiger partial charge in [-0.1, -0.05) is 6.07 Å². The van der Waals surface area contributed by atoms with Crippen molar-refractivity contribution in [3.8, 4) is 0 Å². The third kappa shape index (κ3) is 7.39. The van der Waals surface area contributed by atoms with E-state index in [0.717, 1.165) is 40.0 Å². The Bertz CT molecular complexity index is 1620. The Kier molecular flexibility index (Phi) is 9.24. The molecule has 0 saturated carbocycles. The number of pyridine rings is 1. The second kappa shape index (κ2) is 13.1. The molecule has 10 nitrogen and oxygen atoms in total. The zero-order chi connectivity index (χ0) is 31.4. The summed E-state index contributed by atoms with van der Waals surface area (Å²) in [5.41, 5.74) is -0.497. The van der Waals surface area contributed by atoms with Gasteiger partial charge in [-0.05, 0) is 18.2 Å². The SMILES string of the molecule is O=C1CCN(c2cnc3cnn(CC(F)F)c3n2)CCN(Cc2ccc(F)cc2F)COCN1c1cc(C(F)(F)F)ccn1. The number of alkyl halides is 5. The normalized spacial score (nSPS) is 16.1. The summed E-state index contributed by atoms with van der Waals surface area (Å²) in [6, 6.07) is 4.62. The van der Waals surface area contributed by atoms with Gasteiger partial charge in [0.2, 0.25) is 5.91 Å². The molecule has 0 spiro atoms. The fraction of sp³-hybridized carbons (Fsp3) is 0.370. The van der Waals surface area contributed by atoms with Crippen LogP contribution in [0.1, 0.15) is 17.5 Å². The van der Waals surface area contributed by atoms with Crippen LogP contribution in [-0.4, -0.2) is 75.1 Å². The Labute approximate surface area is 245 Å². The predicted molar refractivity (Wildman–Crippen MR) is 142 cm³/mol. The van der Waals surface area contributed by atoms with Crippen molar-refractivity contribution >= 4 is 28.7 Å². The number of nitrogens with zero attached hydrogens (tertiary/aromatic N) is 8. The average molecular weight is 627 g/mol. The summed E-state index contributed by atoms with van der Waals surface area (Å²) in [6.45, 7) is -1.05. The molecule has 4 heterocycles. The van der Waals surface area contributed by atoms with E-state index in [1.54, 1.807) is 9.80 Å². The number of aromatic nitrogens is 5. The Hall–Kier alpha value is -4.38. The van der Waals surface area contributed by atoms with Crippen LogP contribution in [0.15, 0.2) is 48.9 Å². The summed E-state index contributed by atoms with van der Waals surface area (Å²) in [7, 11) is 0. The highest BCUT2D eigenvalue weighted by molar-refractivity contribution is 5.92. The maximum absolute atomic E-state index is 14.5. The smallest absolute Gasteiger partial charge is 0.353 e. The lowest BCUT2D eigenvalue weighted by atomic mass is 10.2. The van der Waals surface area contributed by atoms with Gasteiger partial charge < -0.3 is 9.64 Å². The molecular weight excluding hydrogens is 601 g/mol. The molecule has 234 valence electrons. The molecule has 0 N–H and O–H groups in total. The average Bonchev–Trinajstić information content (AvgIpc) is 3.35. The summed E-state index contributed by atoms with van der Waals surface area (Å²) in [4.78, 5) is 30.2. The molecule has 1 aliphatic heterocycles. The molecule has 0 bridgehead atoms. The number of ether oxygens (including phenoxy) is 1. The van der Waals surface area contributed by atoms with Crippen LogP contribution in [0.4, 0.5) is 42.4 Å². The first-order chi connectivity index (χ1) is 21.0. The number of hydrogen-bond donors (Lipinski definition) is 0. The van der Waals surface area contributed by atoms with E-state index in [9.17, 15) is 35.5 Å². The van der Waals surface area contributed by atoms with Crippen LogP contribution in [-0.2, 0) is 28.8 Å². The van der Waals surface area contributed by atoms with E-state index in [0.29, 0.717) is 0 Å². The van der Waals surface area contributed by atoms with Crippen LogP contribution in [0.25, 0.3) is 11.2 Å². The Morgan fingerprint density at radius 3 is 2.52 bits per heavy atom. The van der Waals surface area contributed by atoms with Crippen LogP contribution < -0.4 is 9.80 Å². The van der Waals surface area contributed by atoms with Gasteiger partial charge in [-0.3, -0.25) is 14.6 Å². The van der Waals surface area contributed by atoms with Crippen LogP contribution in [0, 0.1) is 11.6 Å². The molecule has 1 amide bonds. The molecule has 3 aromatic heterocycles. The minimum absolute atomic E-state index is 0.00375. The highest BCUT2D eigenvalue weighted by Gasteiger charge is 2.32. The molecule has 1 fully saturated rings. The molecule has 1 aromatic carbocycles. The van der Waals surface area contributed by atoms with E-state index in [1.807, 2.05) is 0 Å². The number of halogens is 7. The molecule has 4 aromatic rings. The lowest BCUT2D eigenvalue weighted by Gasteiger charge is -2.27. The number of anilines is 2. The van der Waals surface area contributed by atoms with Crippen molar-refractivity contribution in [2.75, 3.05) is 42.9 Å². The van der Waals surface area contributed by atoms with E-state index in [-0.39, 0.29) is 67.7 Å². The first-order valence-corrected chi connectivity index (χ1v) is 13.3. The number of rotatable bonds is 6. The van der Waals surface area contributed by atoms with Crippen molar-refractivity contribution < 1.29 is 40.3 Å². The van der Waals surface area contributed by atoms with Gasteiger partial charge in [-0.2, -0.15) is 18.3 Å². The van der Waals surface area contributed by atoms with Crippen LogP contribution >= 0.6 is 0 Å². The highest BCUT2D eigenvalue weighted by atomic mass is 19.4. The van der Waals surface area contributed by atoms with E-state index in [1.165, 1.54) is 18.5 Å². The van der Waals surface area contributed by atoms with Crippen molar-refractivity contribution in [1.82, 2.24) is 29.6 Å². The van der Waals surface area contributed by atoms with Gasteiger partial charge in [0, 0.05) is 50.4 Å². The van der Waals surface area contributed by atoms with Gasteiger partial charge in [-0.25, -0.2) is 37.2 Å². The molecule has 17 heteroatoms. The summed E-state index contributed by atoms with van der Waals surface area (Å²) < 4.78 is 101. The van der Waals surface area contributed by atoms with E-state index in [2.05, 4.69) is 20.1 Å². The maximum Gasteiger partial charge on any atom is 0.416 e. The molecule has 0 radical (unpaired) electrons. The van der Waals surface area contributed by atoms with Gasteiger partial charge in [0.25, 0.3) is 6.43 Å². The van der Waals surface area contributed by atoms with Gasteiger partial charge in [0.15, 0.2) is 5.65 Å². The highest BCUT2D eigenvalue weighted by Crippen LogP contribution is 2.31. The van der Waals surface area contributed by atoms with Crippen molar-refractivity contribution in [2.24, 2.45) is 0 Å². The Morgan fingerprint density at radius 1 is 0.955 bits per heavy atom. The lowest BCUT2D eigenvalue weighted by molar-refractivity contribution is -0.137. The fourth-order valence-corrected chi connectivity index (χ4v) is 4.57. The number of carbonyl (C=O) groups excluding carboxylic acids is 1. The number of fused-ring (bicyclic) bond motifs is 1. The quantitative estimate of drug-likeness (QED) is 0.290. The number of carbonyl (C=O) groups is 1. The fourth-order valence-electron chi connectivity index (χ4n) is 4.57. The molecule has 5 rings (SSSR count). The number of benzene rings is 1.